The van der Waals surface area contributed by atoms with Crippen molar-refractivity contribution >= 4 is 0 Å². The Morgan fingerprint density at radius 2 is 1.62 bits per heavy atom. The Morgan fingerprint density at radius 1 is 1.00 bits per heavy atom. The van der Waals surface area contributed by atoms with Crippen molar-refractivity contribution in [3.8, 4) is 23.0 Å². The second-order valence-electron chi connectivity index (χ2n) is 4.85. The Morgan fingerprint density at radius 3 is 2.05 bits per heavy atom. The van der Waals surface area contributed by atoms with Gasteiger partial charge in [0.25, 0.3) is 0 Å². The van der Waals surface area contributed by atoms with Gasteiger partial charge in [-0.1, -0.05) is 0 Å². The Bertz CT molecular complexity index is 454. The van der Waals surface area contributed by atoms with E-state index in [-0.39, 0.29) is 12.2 Å². The predicted octanol–water partition coefficient (Wildman–Crippen LogP) is 1.47. The molecule has 6 heteroatoms. The second-order valence-corrected chi connectivity index (χ2v) is 4.85. The molecule has 1 aliphatic rings. The number of benzene rings is 1. The van der Waals surface area contributed by atoms with Crippen LogP contribution in [0.4, 0.5) is 0 Å². The molecule has 1 fully saturated rings. The second kappa shape index (κ2) is 6.87. The van der Waals surface area contributed by atoms with Gasteiger partial charge >= 0.3 is 0 Å². The number of hydrogen-bond donors (Lipinski definition) is 1. The van der Waals surface area contributed by atoms with Crippen molar-refractivity contribution in [3.63, 3.8) is 0 Å². The molecule has 1 N–H and O–H groups in total. The van der Waals surface area contributed by atoms with E-state index in [9.17, 15) is 0 Å². The molecular formula is C15H23NO5. The summed E-state index contributed by atoms with van der Waals surface area (Å²) in [6.45, 7) is 0. The third-order valence-electron chi connectivity index (χ3n) is 3.82. The van der Waals surface area contributed by atoms with Crippen LogP contribution in [0.15, 0.2) is 12.1 Å². The van der Waals surface area contributed by atoms with Crippen LogP contribution in [0.2, 0.25) is 0 Å². The lowest BCUT2D eigenvalue weighted by Crippen LogP contribution is -2.60. The SMILES string of the molecule is CNC1CC(Oc2cc(OC)c(OC)c(OC)c2)C1OC. The fraction of sp³-hybridized carbons (Fsp3) is 0.600. The van der Waals surface area contributed by atoms with E-state index in [2.05, 4.69) is 5.32 Å². The van der Waals surface area contributed by atoms with Crippen LogP contribution in [-0.4, -0.2) is 53.7 Å². The van der Waals surface area contributed by atoms with Gasteiger partial charge in [-0.25, -0.2) is 0 Å². The third-order valence-corrected chi connectivity index (χ3v) is 3.82. The molecule has 0 aromatic heterocycles. The van der Waals surface area contributed by atoms with Crippen LogP contribution in [0, 0.1) is 0 Å². The first-order valence-corrected chi connectivity index (χ1v) is 6.85. The molecule has 0 aliphatic heterocycles. The Hall–Kier alpha value is -1.66. The van der Waals surface area contributed by atoms with Crippen molar-refractivity contribution in [3.05, 3.63) is 12.1 Å². The summed E-state index contributed by atoms with van der Waals surface area (Å²) in [6.07, 6.45) is 0.940. The summed E-state index contributed by atoms with van der Waals surface area (Å²) in [5.74, 6) is 2.37. The maximum absolute atomic E-state index is 5.99. The van der Waals surface area contributed by atoms with E-state index >= 15 is 0 Å². The molecule has 3 unspecified atom stereocenters. The third kappa shape index (κ3) is 3.01. The zero-order valence-corrected chi connectivity index (χ0v) is 13.1. The first-order valence-electron chi connectivity index (χ1n) is 6.85. The molecule has 21 heavy (non-hydrogen) atoms. The fourth-order valence-electron chi connectivity index (χ4n) is 2.59. The zero-order chi connectivity index (χ0) is 15.4. The maximum atomic E-state index is 5.99. The molecular weight excluding hydrogens is 274 g/mol. The van der Waals surface area contributed by atoms with E-state index in [1.54, 1.807) is 40.6 Å². The smallest absolute Gasteiger partial charge is 0.203 e. The van der Waals surface area contributed by atoms with Crippen LogP contribution in [0.25, 0.3) is 0 Å². The lowest BCUT2D eigenvalue weighted by Gasteiger charge is -2.43. The van der Waals surface area contributed by atoms with Gasteiger partial charge in [-0.05, 0) is 7.05 Å². The Kier molecular flexibility index (Phi) is 5.14. The molecule has 6 nitrogen and oxygen atoms in total. The summed E-state index contributed by atoms with van der Waals surface area (Å²) in [5.41, 5.74) is 0. The summed E-state index contributed by atoms with van der Waals surface area (Å²) >= 11 is 0. The summed E-state index contributed by atoms with van der Waals surface area (Å²) in [4.78, 5) is 0. The average Bonchev–Trinajstić information content (AvgIpc) is 2.50. The van der Waals surface area contributed by atoms with Crippen LogP contribution in [0.5, 0.6) is 23.0 Å². The van der Waals surface area contributed by atoms with Crippen LogP contribution in [0.1, 0.15) is 6.42 Å². The van der Waals surface area contributed by atoms with Gasteiger partial charge in [0.05, 0.1) is 21.3 Å². The predicted molar refractivity (Wildman–Crippen MR) is 78.8 cm³/mol. The molecule has 1 aromatic carbocycles. The molecule has 0 spiro atoms. The Labute approximate surface area is 125 Å². The number of hydrogen-bond acceptors (Lipinski definition) is 6. The molecule has 3 atom stereocenters. The number of methoxy groups -OCH3 is 4. The molecule has 0 heterocycles. The molecule has 1 saturated carbocycles. The van der Waals surface area contributed by atoms with Gasteiger partial charge in [-0.3, -0.25) is 0 Å². The van der Waals surface area contributed by atoms with E-state index in [1.807, 2.05) is 7.05 Å². The highest BCUT2D eigenvalue weighted by molar-refractivity contribution is 5.56. The van der Waals surface area contributed by atoms with E-state index in [0.29, 0.717) is 29.0 Å². The molecule has 0 amide bonds. The van der Waals surface area contributed by atoms with Gasteiger partial charge in [0, 0.05) is 31.7 Å². The first-order chi connectivity index (χ1) is 10.2. The van der Waals surface area contributed by atoms with Gasteiger partial charge in [-0.2, -0.15) is 0 Å². The van der Waals surface area contributed by atoms with Gasteiger partial charge in [0.2, 0.25) is 5.75 Å². The summed E-state index contributed by atoms with van der Waals surface area (Å²) in [5, 5.41) is 3.21. The number of rotatable bonds is 7. The fourth-order valence-corrected chi connectivity index (χ4v) is 2.59. The molecule has 0 radical (unpaired) electrons. The van der Waals surface area contributed by atoms with Gasteiger partial charge < -0.3 is 29.0 Å². The minimum atomic E-state index is 0.00950. The highest BCUT2D eigenvalue weighted by atomic mass is 16.5. The number of ether oxygens (including phenoxy) is 5. The van der Waals surface area contributed by atoms with E-state index in [4.69, 9.17) is 23.7 Å². The van der Waals surface area contributed by atoms with Gasteiger partial charge in [0.1, 0.15) is 18.0 Å². The maximum Gasteiger partial charge on any atom is 0.203 e. The normalized spacial score (nSPS) is 24.1. The number of likely N-dealkylation sites (N-methyl/N-ethyl adjacent to an activating group) is 1. The molecule has 1 aliphatic carbocycles. The van der Waals surface area contributed by atoms with Crippen molar-refractivity contribution < 1.29 is 23.7 Å². The average molecular weight is 297 g/mol. The lowest BCUT2D eigenvalue weighted by molar-refractivity contribution is -0.0870. The zero-order valence-electron chi connectivity index (χ0n) is 13.1. The Balaban J connectivity index is 2.17. The molecule has 2 rings (SSSR count). The minimum Gasteiger partial charge on any atom is -0.493 e. The highest BCUT2D eigenvalue weighted by Crippen LogP contribution is 2.42. The number of nitrogens with one attached hydrogen (secondary N) is 1. The summed E-state index contributed by atoms with van der Waals surface area (Å²) < 4.78 is 27.4. The highest BCUT2D eigenvalue weighted by Gasteiger charge is 2.42. The summed E-state index contributed by atoms with van der Waals surface area (Å²) in [7, 11) is 8.36. The quantitative estimate of drug-likeness (QED) is 0.822. The minimum absolute atomic E-state index is 0.00950. The monoisotopic (exact) mass is 297 g/mol. The first kappa shape index (κ1) is 15.7. The van der Waals surface area contributed by atoms with Crippen molar-refractivity contribution in [2.45, 2.75) is 24.7 Å². The largest absolute Gasteiger partial charge is 0.493 e. The van der Waals surface area contributed by atoms with E-state index in [0.717, 1.165) is 6.42 Å². The van der Waals surface area contributed by atoms with Crippen LogP contribution < -0.4 is 24.3 Å². The van der Waals surface area contributed by atoms with E-state index in [1.165, 1.54) is 0 Å². The topological polar surface area (TPSA) is 58.2 Å². The van der Waals surface area contributed by atoms with E-state index < -0.39 is 0 Å². The molecule has 118 valence electrons. The van der Waals surface area contributed by atoms with Crippen LogP contribution in [-0.2, 0) is 4.74 Å². The van der Waals surface area contributed by atoms with Crippen molar-refractivity contribution in [2.75, 3.05) is 35.5 Å². The van der Waals surface area contributed by atoms with Crippen LogP contribution >= 0.6 is 0 Å². The molecule has 1 aromatic rings. The lowest BCUT2D eigenvalue weighted by atomic mass is 9.85. The van der Waals surface area contributed by atoms with Crippen molar-refractivity contribution in [1.82, 2.24) is 5.32 Å². The molecule has 0 bridgehead atoms. The molecule has 0 saturated heterocycles. The van der Waals surface area contributed by atoms with Gasteiger partial charge in [-0.15, -0.1) is 0 Å². The van der Waals surface area contributed by atoms with Gasteiger partial charge in [0.15, 0.2) is 11.5 Å². The summed E-state index contributed by atoms with van der Waals surface area (Å²) in [6, 6.07) is 3.91. The van der Waals surface area contributed by atoms with Crippen LogP contribution in [0.3, 0.4) is 0 Å². The van der Waals surface area contributed by atoms with Crippen molar-refractivity contribution in [2.24, 2.45) is 0 Å². The standard InChI is InChI=1S/C15H23NO5/c1-16-10-8-13(14(10)19-4)21-9-6-11(17-2)15(20-5)12(7-9)18-3/h6-7,10,13-14,16H,8H2,1-5H3. The van der Waals surface area contributed by atoms with Crippen molar-refractivity contribution in [1.29, 1.82) is 0 Å².